The van der Waals surface area contributed by atoms with Crippen molar-refractivity contribution in [1.29, 1.82) is 0 Å². The second-order valence-electron chi connectivity index (χ2n) is 18.6. The SMILES string of the molecule is CO[C@H]1O[C@H](COCc2ccccc2)[C@@H](OC(=O)OC2O[C@H](COCc3ccccc3)[C@H](OCc3ccccc3)[C@H](OCc3ccccc3)[C@H]2OCc2ccccc2)[C@H](OCc2ccccc2)[C@H]1OCc1ccccc1. The van der Waals surface area contributed by atoms with Crippen molar-refractivity contribution in [2.45, 2.75) is 108 Å². The summed E-state index contributed by atoms with van der Waals surface area (Å²) in [5.41, 5.74) is 6.48. The van der Waals surface area contributed by atoms with Crippen LogP contribution in [0, 0.1) is 0 Å². The van der Waals surface area contributed by atoms with E-state index in [1.165, 1.54) is 7.11 Å². The van der Waals surface area contributed by atoms with Crippen LogP contribution in [0.5, 0.6) is 0 Å². The van der Waals surface area contributed by atoms with Crippen LogP contribution >= 0.6 is 0 Å². The van der Waals surface area contributed by atoms with Gasteiger partial charge in [0.1, 0.15) is 42.7 Å². The summed E-state index contributed by atoms with van der Waals surface area (Å²) >= 11 is 0. The first-order chi connectivity index (χ1) is 37.6. The molecule has 0 N–H and O–H groups in total. The fourth-order valence-corrected chi connectivity index (χ4v) is 9.19. The fraction of sp³-hybridized carbons (Fsp3) is 0.317. The molecule has 0 aliphatic carbocycles. The van der Waals surface area contributed by atoms with E-state index in [0.717, 1.165) is 38.9 Å². The summed E-state index contributed by atoms with van der Waals surface area (Å²) in [6, 6.07) is 68.5. The first kappa shape index (κ1) is 54.2. The Hall–Kier alpha value is -6.59. The van der Waals surface area contributed by atoms with Crippen molar-refractivity contribution in [2.24, 2.45) is 0 Å². The number of hydrogen-bond acceptors (Lipinski definition) is 13. The van der Waals surface area contributed by atoms with Gasteiger partial charge in [-0.25, -0.2) is 4.79 Å². The Morgan fingerprint density at radius 1 is 0.329 bits per heavy atom. The molecule has 2 saturated heterocycles. The molecule has 0 radical (unpaired) electrons. The van der Waals surface area contributed by atoms with Gasteiger partial charge in [0.25, 0.3) is 0 Å². The van der Waals surface area contributed by atoms with E-state index in [4.69, 9.17) is 56.8 Å². The zero-order valence-electron chi connectivity index (χ0n) is 42.7. The molecule has 2 heterocycles. The van der Waals surface area contributed by atoms with E-state index in [1.54, 1.807) is 0 Å². The van der Waals surface area contributed by atoms with E-state index in [0.29, 0.717) is 6.61 Å². The van der Waals surface area contributed by atoms with Crippen molar-refractivity contribution in [3.8, 4) is 0 Å². The van der Waals surface area contributed by atoms with Crippen LogP contribution in [0.3, 0.4) is 0 Å². The lowest BCUT2D eigenvalue weighted by Gasteiger charge is -2.46. The highest BCUT2D eigenvalue weighted by molar-refractivity contribution is 5.60. The molecule has 13 nitrogen and oxygen atoms in total. The highest BCUT2D eigenvalue weighted by atomic mass is 16.8. The molecule has 2 aliphatic heterocycles. The third-order valence-corrected chi connectivity index (χ3v) is 13.1. The van der Waals surface area contributed by atoms with Gasteiger partial charge in [-0.3, -0.25) is 0 Å². The van der Waals surface area contributed by atoms with Gasteiger partial charge in [-0.15, -0.1) is 0 Å². The zero-order valence-corrected chi connectivity index (χ0v) is 42.7. The van der Waals surface area contributed by atoms with Crippen LogP contribution in [0.1, 0.15) is 38.9 Å². The van der Waals surface area contributed by atoms with Crippen LogP contribution in [0.15, 0.2) is 212 Å². The Kier molecular flexibility index (Phi) is 20.7. The van der Waals surface area contributed by atoms with Crippen molar-refractivity contribution < 1.29 is 61.6 Å². The molecule has 2 fully saturated rings. The van der Waals surface area contributed by atoms with Gasteiger partial charge in [0.05, 0.1) is 59.5 Å². The van der Waals surface area contributed by atoms with Crippen molar-refractivity contribution in [1.82, 2.24) is 0 Å². The van der Waals surface area contributed by atoms with Gasteiger partial charge in [0, 0.05) is 7.11 Å². The Bertz CT molecular complexity index is 2690. The standard InChI is InChI=1S/C63H66O13/c1-65-61-59(71-42-51-33-19-7-20-34-51)58(70-41-50-31-17-6-18-32-50)56(54(73-61)45-67-38-47-25-11-3-12-26-47)75-63(64)76-62-60(72-43-52-35-21-8-22-36-52)57(69-40-49-29-15-5-16-30-49)55(68-39-48-27-13-4-14-28-48)53(74-62)44-66-37-46-23-9-2-10-24-46/h2-36,53-62H,37-45H2,1H3/t53-,54-,55+,56-,57+,58+,59-,60-,61+,62?/m1/s1. The number of carbonyl (C=O) groups is 1. The predicted molar refractivity (Wildman–Crippen MR) is 283 cm³/mol. The van der Waals surface area contributed by atoms with Gasteiger partial charge in [-0.05, 0) is 38.9 Å². The summed E-state index contributed by atoms with van der Waals surface area (Å²) in [6.07, 6.45) is -10.9. The maximum atomic E-state index is 15.0. The third-order valence-electron chi connectivity index (χ3n) is 13.1. The van der Waals surface area contributed by atoms with Crippen molar-refractivity contribution in [3.05, 3.63) is 251 Å². The van der Waals surface area contributed by atoms with Crippen LogP contribution < -0.4 is 0 Å². The predicted octanol–water partition coefficient (Wildman–Crippen LogP) is 11.0. The molecule has 0 bridgehead atoms. The molecule has 9 rings (SSSR count). The Labute approximate surface area is 445 Å². The third kappa shape index (κ3) is 16.0. The highest BCUT2D eigenvalue weighted by Gasteiger charge is 2.53. The van der Waals surface area contributed by atoms with E-state index >= 15 is 0 Å². The Morgan fingerprint density at radius 3 is 0.961 bits per heavy atom. The summed E-state index contributed by atoms with van der Waals surface area (Å²) in [4.78, 5) is 15.0. The normalized spacial score (nSPS) is 23.4. The number of benzene rings is 7. The van der Waals surface area contributed by atoms with Crippen LogP contribution in [0.2, 0.25) is 0 Å². The van der Waals surface area contributed by atoms with E-state index in [9.17, 15) is 4.79 Å². The Morgan fingerprint density at radius 2 is 0.605 bits per heavy atom. The van der Waals surface area contributed by atoms with Gasteiger partial charge < -0.3 is 56.8 Å². The molecule has 1 unspecified atom stereocenters. The monoisotopic (exact) mass is 1030 g/mol. The lowest BCUT2D eigenvalue weighted by atomic mass is 9.97. The second kappa shape index (κ2) is 29.1. The zero-order chi connectivity index (χ0) is 52.0. The first-order valence-corrected chi connectivity index (χ1v) is 25.8. The highest BCUT2D eigenvalue weighted by Crippen LogP contribution is 2.35. The molecule has 10 atom stereocenters. The van der Waals surface area contributed by atoms with Gasteiger partial charge in [-0.1, -0.05) is 212 Å². The summed E-state index contributed by atoms with van der Waals surface area (Å²) in [6.45, 7) is 1.47. The molecule has 7 aromatic rings. The number of hydrogen-bond donors (Lipinski definition) is 0. The summed E-state index contributed by atoms with van der Waals surface area (Å²) in [7, 11) is 1.54. The van der Waals surface area contributed by atoms with Crippen molar-refractivity contribution in [2.75, 3.05) is 20.3 Å². The summed E-state index contributed by atoms with van der Waals surface area (Å²) in [5.74, 6) is 0. The maximum absolute atomic E-state index is 15.0. The molecular weight excluding hydrogens is 965 g/mol. The maximum Gasteiger partial charge on any atom is 0.511 e. The molecule has 0 aromatic heterocycles. The topological polar surface area (TPSA) is 128 Å². The second-order valence-corrected chi connectivity index (χ2v) is 18.6. The average Bonchev–Trinajstić information content (AvgIpc) is 3.48. The minimum absolute atomic E-state index is 0.0112. The molecule has 76 heavy (non-hydrogen) atoms. The molecule has 7 aromatic carbocycles. The van der Waals surface area contributed by atoms with Crippen LogP contribution in [0.25, 0.3) is 0 Å². The molecule has 396 valence electrons. The van der Waals surface area contributed by atoms with Crippen molar-refractivity contribution >= 4 is 6.16 Å². The van der Waals surface area contributed by atoms with Crippen molar-refractivity contribution in [3.63, 3.8) is 0 Å². The molecule has 0 saturated carbocycles. The first-order valence-electron chi connectivity index (χ1n) is 25.8. The largest absolute Gasteiger partial charge is 0.511 e. The quantitative estimate of drug-likeness (QED) is 0.0478. The lowest BCUT2D eigenvalue weighted by molar-refractivity contribution is -0.330. The van der Waals surface area contributed by atoms with Gasteiger partial charge in [0.15, 0.2) is 12.4 Å². The smallest absolute Gasteiger partial charge is 0.425 e. The summed E-state index contributed by atoms with van der Waals surface area (Å²) in [5, 5.41) is 0. The lowest BCUT2D eigenvalue weighted by Crippen LogP contribution is -2.63. The molecule has 2 aliphatic rings. The van der Waals surface area contributed by atoms with E-state index < -0.39 is 67.6 Å². The van der Waals surface area contributed by atoms with E-state index in [2.05, 4.69) is 0 Å². The summed E-state index contributed by atoms with van der Waals surface area (Å²) < 4.78 is 79.1. The fourth-order valence-electron chi connectivity index (χ4n) is 9.19. The van der Waals surface area contributed by atoms with Crippen LogP contribution in [-0.4, -0.2) is 87.9 Å². The molecule has 13 heteroatoms. The number of methoxy groups -OCH3 is 1. The van der Waals surface area contributed by atoms with Gasteiger partial charge in [0.2, 0.25) is 6.29 Å². The molecular formula is C63H66O13. The minimum Gasteiger partial charge on any atom is -0.425 e. The van der Waals surface area contributed by atoms with Crippen LogP contribution in [0.4, 0.5) is 4.79 Å². The molecule has 0 amide bonds. The number of carbonyl (C=O) groups excluding carboxylic acids is 1. The average molecular weight is 1030 g/mol. The van der Waals surface area contributed by atoms with Gasteiger partial charge >= 0.3 is 6.16 Å². The van der Waals surface area contributed by atoms with Crippen LogP contribution in [-0.2, 0) is 103 Å². The number of ether oxygens (including phenoxy) is 12. The molecule has 0 spiro atoms. The van der Waals surface area contributed by atoms with E-state index in [-0.39, 0.29) is 52.9 Å². The van der Waals surface area contributed by atoms with E-state index in [1.807, 2.05) is 212 Å². The Balaban J connectivity index is 1.04. The van der Waals surface area contributed by atoms with Gasteiger partial charge in [-0.2, -0.15) is 0 Å². The minimum atomic E-state index is -1.41. The number of rotatable bonds is 26.